The van der Waals surface area contributed by atoms with Crippen LogP contribution in [0.3, 0.4) is 0 Å². The molecular formula is C18H29NO6S. The maximum absolute atomic E-state index is 12.8. The number of unbranched alkanes of at least 4 members (excludes halogenated alkanes) is 1. The number of nitrogens with zero attached hydrogens (tertiary/aromatic N) is 1. The second-order valence-corrected chi connectivity index (χ2v) is 8.03. The zero-order valence-corrected chi connectivity index (χ0v) is 17.0. The Morgan fingerprint density at radius 1 is 1.15 bits per heavy atom. The molecule has 1 aromatic rings. The van der Waals surface area contributed by atoms with Gasteiger partial charge in [-0.15, -0.1) is 0 Å². The van der Waals surface area contributed by atoms with Gasteiger partial charge >= 0.3 is 5.97 Å². The normalized spacial score (nSPS) is 11.6. The Kier molecular flexibility index (Phi) is 9.04. The number of rotatable bonds is 11. The average molecular weight is 387 g/mol. The van der Waals surface area contributed by atoms with E-state index in [9.17, 15) is 13.2 Å². The van der Waals surface area contributed by atoms with E-state index in [1.54, 1.807) is 33.1 Å². The highest BCUT2D eigenvalue weighted by molar-refractivity contribution is 7.89. The molecule has 0 saturated heterocycles. The molecule has 0 aliphatic heterocycles. The number of likely N-dealkylation sites (N-methyl/N-ethyl adjacent to an activating group) is 1. The highest BCUT2D eigenvalue weighted by Crippen LogP contribution is 2.27. The fourth-order valence-corrected chi connectivity index (χ4v) is 3.99. The van der Waals surface area contributed by atoms with E-state index in [1.807, 2.05) is 6.92 Å². The van der Waals surface area contributed by atoms with Crippen LogP contribution < -0.4 is 4.74 Å². The molecule has 0 heterocycles. The minimum absolute atomic E-state index is 0.104. The SMILES string of the molecule is CCCCOC(=O)COCCN(C)S(=O)(=O)c1c(C)cc(OC)cc1C. The van der Waals surface area contributed by atoms with E-state index in [1.165, 1.54) is 11.4 Å². The largest absolute Gasteiger partial charge is 0.497 e. The van der Waals surface area contributed by atoms with Crippen LogP contribution in [0.4, 0.5) is 0 Å². The summed E-state index contributed by atoms with van der Waals surface area (Å²) >= 11 is 0. The van der Waals surface area contributed by atoms with E-state index < -0.39 is 16.0 Å². The second kappa shape index (κ2) is 10.5. The van der Waals surface area contributed by atoms with Gasteiger partial charge in [0.25, 0.3) is 0 Å². The van der Waals surface area contributed by atoms with Crippen molar-refractivity contribution in [3.8, 4) is 5.75 Å². The molecule has 0 aromatic heterocycles. The monoisotopic (exact) mass is 387 g/mol. The molecule has 1 rings (SSSR count). The summed E-state index contributed by atoms with van der Waals surface area (Å²) in [5, 5.41) is 0. The van der Waals surface area contributed by atoms with Crippen molar-refractivity contribution in [2.75, 3.05) is 40.5 Å². The molecule has 1 aromatic carbocycles. The van der Waals surface area contributed by atoms with Gasteiger partial charge in [-0.3, -0.25) is 0 Å². The van der Waals surface area contributed by atoms with Gasteiger partial charge in [0.15, 0.2) is 0 Å². The molecule has 0 fully saturated rings. The van der Waals surface area contributed by atoms with Crippen molar-refractivity contribution in [1.29, 1.82) is 0 Å². The summed E-state index contributed by atoms with van der Waals surface area (Å²) in [6.45, 7) is 5.91. The number of benzene rings is 1. The van der Waals surface area contributed by atoms with Crippen molar-refractivity contribution in [3.63, 3.8) is 0 Å². The van der Waals surface area contributed by atoms with Gasteiger partial charge in [0.1, 0.15) is 12.4 Å². The van der Waals surface area contributed by atoms with Crippen LogP contribution in [0, 0.1) is 13.8 Å². The summed E-state index contributed by atoms with van der Waals surface area (Å²) in [6.07, 6.45) is 1.76. The van der Waals surface area contributed by atoms with Crippen molar-refractivity contribution < 1.29 is 27.4 Å². The van der Waals surface area contributed by atoms with Gasteiger partial charge < -0.3 is 14.2 Å². The topological polar surface area (TPSA) is 82.1 Å². The second-order valence-electron chi connectivity index (χ2n) is 6.04. The van der Waals surface area contributed by atoms with E-state index in [-0.39, 0.29) is 24.7 Å². The Hall–Kier alpha value is -1.64. The quantitative estimate of drug-likeness (QED) is 0.428. The first-order chi connectivity index (χ1) is 12.2. The zero-order chi connectivity index (χ0) is 19.7. The van der Waals surface area contributed by atoms with Gasteiger partial charge in [-0.2, -0.15) is 4.31 Å². The summed E-state index contributed by atoms with van der Waals surface area (Å²) in [4.78, 5) is 11.7. The molecule has 0 spiro atoms. The summed E-state index contributed by atoms with van der Waals surface area (Å²) in [7, 11) is -0.634. The molecule has 0 saturated carbocycles. The molecule has 0 N–H and O–H groups in total. The van der Waals surface area contributed by atoms with E-state index in [2.05, 4.69) is 0 Å². The number of carbonyl (C=O) groups excluding carboxylic acids is 1. The third kappa shape index (κ3) is 6.26. The molecule has 26 heavy (non-hydrogen) atoms. The number of sulfonamides is 1. The van der Waals surface area contributed by atoms with Crippen molar-refractivity contribution in [1.82, 2.24) is 4.31 Å². The molecule has 0 aliphatic carbocycles. The van der Waals surface area contributed by atoms with Crippen LogP contribution in [0.25, 0.3) is 0 Å². The Morgan fingerprint density at radius 3 is 2.31 bits per heavy atom. The highest BCUT2D eigenvalue weighted by Gasteiger charge is 2.25. The summed E-state index contributed by atoms with van der Waals surface area (Å²) in [5.74, 6) is 0.178. The standard InChI is InChI=1S/C18H29NO6S/c1-6-7-9-25-17(20)13-24-10-8-19(4)26(21,22)18-14(2)11-16(23-5)12-15(18)3/h11-12H,6-10,13H2,1-5H3. The van der Waals surface area contributed by atoms with Crippen molar-refractivity contribution in [3.05, 3.63) is 23.3 Å². The Bertz CT molecular complexity index is 679. The first kappa shape index (κ1) is 22.4. The molecule has 148 valence electrons. The average Bonchev–Trinajstić information content (AvgIpc) is 2.57. The Morgan fingerprint density at radius 2 is 1.77 bits per heavy atom. The number of esters is 1. The van der Waals surface area contributed by atoms with Crippen LogP contribution in [0.5, 0.6) is 5.75 Å². The first-order valence-electron chi connectivity index (χ1n) is 8.59. The Labute approximate surface area is 156 Å². The van der Waals surface area contributed by atoms with E-state index >= 15 is 0 Å². The van der Waals surface area contributed by atoms with Crippen LogP contribution in [-0.2, 0) is 24.3 Å². The molecule has 0 bridgehead atoms. The summed E-state index contributed by atoms with van der Waals surface area (Å²) in [5.41, 5.74) is 1.24. The van der Waals surface area contributed by atoms with Crippen LogP contribution in [-0.4, -0.2) is 59.2 Å². The predicted molar refractivity (Wildman–Crippen MR) is 99.0 cm³/mol. The molecule has 0 radical (unpaired) electrons. The van der Waals surface area contributed by atoms with Gasteiger partial charge in [0, 0.05) is 13.6 Å². The van der Waals surface area contributed by atoms with Gasteiger partial charge in [-0.1, -0.05) is 13.3 Å². The lowest BCUT2D eigenvalue weighted by Crippen LogP contribution is -2.31. The van der Waals surface area contributed by atoms with Gasteiger partial charge in [-0.05, 0) is 43.5 Å². The molecular weight excluding hydrogens is 358 g/mol. The lowest BCUT2D eigenvalue weighted by Gasteiger charge is -2.20. The van der Waals surface area contributed by atoms with E-state index in [0.29, 0.717) is 23.5 Å². The molecule has 0 aliphatic rings. The number of hydrogen-bond donors (Lipinski definition) is 0. The highest BCUT2D eigenvalue weighted by atomic mass is 32.2. The lowest BCUT2D eigenvalue weighted by atomic mass is 10.1. The maximum atomic E-state index is 12.8. The predicted octanol–water partition coefficient (Wildman–Crippen LogP) is 2.29. The van der Waals surface area contributed by atoms with E-state index in [0.717, 1.165) is 12.8 Å². The van der Waals surface area contributed by atoms with Gasteiger partial charge in [0.05, 0.1) is 25.2 Å². The third-order valence-electron chi connectivity index (χ3n) is 3.87. The minimum atomic E-state index is -3.66. The van der Waals surface area contributed by atoms with Crippen LogP contribution >= 0.6 is 0 Å². The van der Waals surface area contributed by atoms with Gasteiger partial charge in [-0.25, -0.2) is 13.2 Å². The van der Waals surface area contributed by atoms with Crippen LogP contribution in [0.1, 0.15) is 30.9 Å². The number of hydrogen-bond acceptors (Lipinski definition) is 6. The molecule has 0 unspecified atom stereocenters. The van der Waals surface area contributed by atoms with Crippen molar-refractivity contribution in [2.24, 2.45) is 0 Å². The molecule has 8 heteroatoms. The van der Waals surface area contributed by atoms with Crippen molar-refractivity contribution in [2.45, 2.75) is 38.5 Å². The maximum Gasteiger partial charge on any atom is 0.332 e. The third-order valence-corrected chi connectivity index (χ3v) is 6.03. The van der Waals surface area contributed by atoms with E-state index in [4.69, 9.17) is 14.2 Å². The fraction of sp³-hybridized carbons (Fsp3) is 0.611. The first-order valence-corrected chi connectivity index (χ1v) is 10.0. The molecule has 0 amide bonds. The van der Waals surface area contributed by atoms with Crippen molar-refractivity contribution >= 4 is 16.0 Å². The number of carbonyl (C=O) groups is 1. The zero-order valence-electron chi connectivity index (χ0n) is 16.2. The molecule has 7 nitrogen and oxygen atoms in total. The summed E-state index contributed by atoms with van der Waals surface area (Å²) in [6, 6.07) is 3.38. The van der Waals surface area contributed by atoms with Gasteiger partial charge in [0.2, 0.25) is 10.0 Å². The number of aryl methyl sites for hydroxylation is 2. The van der Waals surface area contributed by atoms with Crippen LogP contribution in [0.15, 0.2) is 17.0 Å². The minimum Gasteiger partial charge on any atom is -0.497 e. The van der Waals surface area contributed by atoms with Crippen LogP contribution in [0.2, 0.25) is 0 Å². The number of methoxy groups -OCH3 is 1. The smallest absolute Gasteiger partial charge is 0.332 e. The fourth-order valence-electron chi connectivity index (χ4n) is 2.43. The summed E-state index contributed by atoms with van der Waals surface area (Å²) < 4.78 is 42.2. The molecule has 0 atom stereocenters. The Balaban J connectivity index is 2.61. The lowest BCUT2D eigenvalue weighted by molar-refractivity contribution is -0.149. The number of ether oxygens (including phenoxy) is 3.